The molecule has 0 aliphatic heterocycles. The van der Waals surface area contributed by atoms with Crippen molar-refractivity contribution in [3.63, 3.8) is 0 Å². The lowest BCUT2D eigenvalue weighted by atomic mass is 10.3. The second kappa shape index (κ2) is 18.2. The van der Waals surface area contributed by atoms with Crippen LogP contribution in [0.25, 0.3) is 0 Å². The minimum Gasteiger partial charge on any atom is -0.381 e. The summed E-state index contributed by atoms with van der Waals surface area (Å²) in [5.74, 6) is 0.902. The van der Waals surface area contributed by atoms with Crippen LogP contribution in [0.4, 0.5) is 0 Å². The fraction of sp³-hybridized carbons (Fsp3) is 1.00. The Kier molecular flexibility index (Phi) is 18.4. The van der Waals surface area contributed by atoms with E-state index in [0.29, 0.717) is 6.54 Å². The monoisotopic (exact) mass is 293 g/mol. The molecule has 0 saturated carbocycles. The number of unbranched alkanes of at least 4 members (excludes halogenated alkanes) is 2. The molecule has 0 radical (unpaired) electrons. The second-order valence-corrected chi connectivity index (χ2v) is 4.92. The number of thiol groups is 1. The molecule has 0 aromatic rings. The van der Waals surface area contributed by atoms with E-state index < -0.39 is 0 Å². The Hall–Kier alpha value is 0.190. The smallest absolute Gasteiger partial charge is 0.0478 e. The normalized spacial score (nSPS) is 11.1. The number of rotatable bonds is 16. The van der Waals surface area contributed by atoms with Gasteiger partial charge in [0.1, 0.15) is 0 Å². The van der Waals surface area contributed by atoms with E-state index in [1.807, 2.05) is 0 Å². The zero-order valence-electron chi connectivity index (χ0n) is 12.1. The topological polar surface area (TPSA) is 53.7 Å². The minimum absolute atomic E-state index is 0.710. The molecule has 0 rings (SSSR count). The zero-order chi connectivity index (χ0) is 14.0. The van der Waals surface area contributed by atoms with Crippen molar-refractivity contribution in [2.45, 2.75) is 38.5 Å². The highest BCUT2D eigenvalue weighted by atomic mass is 32.1. The quantitative estimate of drug-likeness (QED) is 0.338. The first-order chi connectivity index (χ1) is 9.41. The third-order valence-corrected chi connectivity index (χ3v) is 2.91. The van der Waals surface area contributed by atoms with Crippen molar-refractivity contribution < 1.29 is 14.2 Å². The molecule has 2 N–H and O–H groups in total. The van der Waals surface area contributed by atoms with Gasteiger partial charge in [0.2, 0.25) is 0 Å². The van der Waals surface area contributed by atoms with Crippen LogP contribution in [0, 0.1) is 0 Å². The molecule has 0 bridgehead atoms. The molecule has 0 aromatic carbocycles. The third-order valence-electron chi connectivity index (χ3n) is 2.59. The van der Waals surface area contributed by atoms with E-state index in [4.69, 9.17) is 19.9 Å². The highest BCUT2D eigenvalue weighted by Crippen LogP contribution is 1.96. The lowest BCUT2D eigenvalue weighted by Crippen LogP contribution is -2.06. The molecule has 0 fully saturated rings. The van der Waals surface area contributed by atoms with Crippen LogP contribution in [0.1, 0.15) is 38.5 Å². The summed E-state index contributed by atoms with van der Waals surface area (Å²) < 4.78 is 16.4. The van der Waals surface area contributed by atoms with Gasteiger partial charge < -0.3 is 19.9 Å². The Morgan fingerprint density at radius 2 is 0.947 bits per heavy atom. The molecule has 0 spiro atoms. The second-order valence-electron chi connectivity index (χ2n) is 4.47. The molecular formula is C14H31NO3S. The maximum absolute atomic E-state index is 5.55. The average molecular weight is 293 g/mol. The Morgan fingerprint density at radius 1 is 0.579 bits per heavy atom. The van der Waals surface area contributed by atoms with Crippen molar-refractivity contribution in [2.24, 2.45) is 5.73 Å². The molecule has 116 valence electrons. The summed E-state index contributed by atoms with van der Waals surface area (Å²) in [6.45, 7) is 5.65. The molecule has 0 saturated heterocycles. The van der Waals surface area contributed by atoms with Crippen LogP contribution in [-0.4, -0.2) is 51.9 Å². The van der Waals surface area contributed by atoms with E-state index in [-0.39, 0.29) is 0 Å². The number of nitrogens with two attached hydrogens (primary N) is 1. The van der Waals surface area contributed by atoms with Crippen LogP contribution in [0.5, 0.6) is 0 Å². The molecular weight excluding hydrogens is 262 g/mol. The van der Waals surface area contributed by atoms with Crippen LogP contribution in [0.15, 0.2) is 0 Å². The van der Waals surface area contributed by atoms with Crippen molar-refractivity contribution in [2.75, 3.05) is 51.9 Å². The average Bonchev–Trinajstić information content (AvgIpc) is 2.43. The summed E-state index contributed by atoms with van der Waals surface area (Å²) >= 11 is 4.13. The van der Waals surface area contributed by atoms with Crippen molar-refractivity contribution in [1.82, 2.24) is 0 Å². The Labute approximate surface area is 123 Å². The molecule has 0 heterocycles. The third kappa shape index (κ3) is 18.2. The Balaban J connectivity index is 2.88. The van der Waals surface area contributed by atoms with Gasteiger partial charge in [-0.25, -0.2) is 0 Å². The van der Waals surface area contributed by atoms with E-state index in [0.717, 1.165) is 83.9 Å². The van der Waals surface area contributed by atoms with E-state index >= 15 is 0 Å². The van der Waals surface area contributed by atoms with Gasteiger partial charge in [-0.15, -0.1) is 0 Å². The summed E-state index contributed by atoms with van der Waals surface area (Å²) in [5, 5.41) is 0. The minimum atomic E-state index is 0.710. The summed E-state index contributed by atoms with van der Waals surface area (Å²) in [7, 11) is 0. The Bertz CT molecular complexity index is 146. The van der Waals surface area contributed by atoms with Gasteiger partial charge in [-0.1, -0.05) is 0 Å². The molecule has 4 nitrogen and oxygen atoms in total. The summed E-state index contributed by atoms with van der Waals surface area (Å²) in [4.78, 5) is 0. The molecule has 0 aromatic heterocycles. The fourth-order valence-electron chi connectivity index (χ4n) is 1.47. The van der Waals surface area contributed by atoms with Gasteiger partial charge in [0.25, 0.3) is 0 Å². The standard InChI is InChI=1S/C14H31NO3S/c15-7-5-12-17-10-3-1-8-16-9-2-4-11-18-13-6-14-19/h19H,1-15H2. The van der Waals surface area contributed by atoms with E-state index in [1.54, 1.807) is 0 Å². The summed E-state index contributed by atoms with van der Waals surface area (Å²) in [5.41, 5.74) is 5.37. The van der Waals surface area contributed by atoms with E-state index in [2.05, 4.69) is 12.6 Å². The number of hydrogen-bond acceptors (Lipinski definition) is 5. The van der Waals surface area contributed by atoms with Gasteiger partial charge >= 0.3 is 0 Å². The van der Waals surface area contributed by atoms with Crippen LogP contribution >= 0.6 is 12.6 Å². The van der Waals surface area contributed by atoms with Crippen molar-refractivity contribution in [1.29, 1.82) is 0 Å². The first kappa shape index (κ1) is 19.2. The van der Waals surface area contributed by atoms with Crippen molar-refractivity contribution >= 4 is 12.6 Å². The molecule has 0 aliphatic rings. The zero-order valence-corrected chi connectivity index (χ0v) is 13.0. The largest absolute Gasteiger partial charge is 0.381 e. The number of hydrogen-bond donors (Lipinski definition) is 2. The van der Waals surface area contributed by atoms with Crippen molar-refractivity contribution in [3.8, 4) is 0 Å². The van der Waals surface area contributed by atoms with E-state index in [9.17, 15) is 0 Å². The van der Waals surface area contributed by atoms with Crippen LogP contribution in [0.3, 0.4) is 0 Å². The van der Waals surface area contributed by atoms with Gasteiger partial charge in [-0.05, 0) is 50.8 Å². The van der Waals surface area contributed by atoms with Gasteiger partial charge in [0, 0.05) is 39.6 Å². The Morgan fingerprint density at radius 3 is 1.32 bits per heavy atom. The number of ether oxygens (including phenoxy) is 3. The van der Waals surface area contributed by atoms with Gasteiger partial charge in [0.05, 0.1) is 0 Å². The van der Waals surface area contributed by atoms with Crippen LogP contribution < -0.4 is 5.73 Å². The highest BCUT2D eigenvalue weighted by molar-refractivity contribution is 7.80. The van der Waals surface area contributed by atoms with E-state index in [1.165, 1.54) is 0 Å². The molecule has 5 heteroatoms. The van der Waals surface area contributed by atoms with Crippen LogP contribution in [-0.2, 0) is 14.2 Å². The molecule has 0 amide bonds. The lowest BCUT2D eigenvalue weighted by Gasteiger charge is -2.06. The fourth-order valence-corrected chi connectivity index (χ4v) is 1.60. The van der Waals surface area contributed by atoms with Crippen LogP contribution in [0.2, 0.25) is 0 Å². The molecule has 0 atom stereocenters. The SMILES string of the molecule is NCCCOCCCCOCCCCOCCCS. The molecule has 0 unspecified atom stereocenters. The van der Waals surface area contributed by atoms with Gasteiger partial charge in [0.15, 0.2) is 0 Å². The molecule has 0 aliphatic carbocycles. The summed E-state index contributed by atoms with van der Waals surface area (Å²) in [6, 6.07) is 0. The van der Waals surface area contributed by atoms with Gasteiger partial charge in [-0.2, -0.15) is 12.6 Å². The highest BCUT2D eigenvalue weighted by Gasteiger charge is 1.93. The predicted octanol–water partition coefficient (Wildman–Crippen LogP) is 2.27. The molecule has 19 heavy (non-hydrogen) atoms. The first-order valence-corrected chi connectivity index (χ1v) is 8.09. The first-order valence-electron chi connectivity index (χ1n) is 7.46. The van der Waals surface area contributed by atoms with Gasteiger partial charge in [-0.3, -0.25) is 0 Å². The summed E-state index contributed by atoms with van der Waals surface area (Å²) in [6.07, 6.45) is 6.28. The maximum Gasteiger partial charge on any atom is 0.0478 e. The maximum atomic E-state index is 5.55. The lowest BCUT2D eigenvalue weighted by molar-refractivity contribution is 0.0908. The van der Waals surface area contributed by atoms with Crippen molar-refractivity contribution in [3.05, 3.63) is 0 Å². The predicted molar refractivity (Wildman–Crippen MR) is 83.1 cm³/mol.